The van der Waals surface area contributed by atoms with Crippen molar-refractivity contribution >= 4 is 5.91 Å². The molecule has 0 spiro atoms. The Morgan fingerprint density at radius 1 is 1.47 bits per heavy atom. The summed E-state index contributed by atoms with van der Waals surface area (Å²) in [5.74, 6) is -0.0512. The van der Waals surface area contributed by atoms with Crippen LogP contribution in [0.15, 0.2) is 12.4 Å². The number of methoxy groups -OCH3 is 1. The Hall–Kier alpha value is -1.69. The molecule has 0 bridgehead atoms. The van der Waals surface area contributed by atoms with Crippen molar-refractivity contribution in [1.82, 2.24) is 14.9 Å². The molecule has 0 aliphatic carbocycles. The SMILES string of the molecule is COc1ncc(C(=O)N2CCCC[C@H]2[C@H](C)N)cn1. The van der Waals surface area contributed by atoms with Gasteiger partial charge in [0.2, 0.25) is 0 Å². The number of aromatic nitrogens is 2. The molecule has 0 saturated carbocycles. The number of nitrogens with two attached hydrogens (primary N) is 1. The lowest BCUT2D eigenvalue weighted by molar-refractivity contribution is 0.0582. The van der Waals surface area contributed by atoms with Gasteiger partial charge in [0.1, 0.15) is 0 Å². The molecule has 2 N–H and O–H groups in total. The number of carbonyl (C=O) groups excluding carboxylic acids is 1. The molecule has 1 amide bonds. The summed E-state index contributed by atoms with van der Waals surface area (Å²) in [4.78, 5) is 22.3. The number of ether oxygens (including phenoxy) is 1. The quantitative estimate of drug-likeness (QED) is 0.874. The Kier molecular flexibility index (Phi) is 4.31. The fraction of sp³-hybridized carbons (Fsp3) is 0.615. The third-order valence-electron chi connectivity index (χ3n) is 3.47. The summed E-state index contributed by atoms with van der Waals surface area (Å²) in [6.45, 7) is 2.69. The molecule has 104 valence electrons. The van der Waals surface area contributed by atoms with Gasteiger partial charge in [-0.2, -0.15) is 0 Å². The van der Waals surface area contributed by atoms with Crippen molar-refractivity contribution in [2.24, 2.45) is 5.73 Å². The van der Waals surface area contributed by atoms with Gasteiger partial charge in [-0.3, -0.25) is 4.79 Å². The van der Waals surface area contributed by atoms with Gasteiger partial charge in [0.15, 0.2) is 0 Å². The van der Waals surface area contributed by atoms with Gasteiger partial charge >= 0.3 is 6.01 Å². The van der Waals surface area contributed by atoms with Crippen LogP contribution in [0.4, 0.5) is 0 Å². The molecule has 0 radical (unpaired) electrons. The summed E-state index contributed by atoms with van der Waals surface area (Å²) in [7, 11) is 1.49. The standard InChI is InChI=1S/C13H20N4O2/c1-9(14)11-5-3-4-6-17(11)12(18)10-7-15-13(19-2)16-8-10/h7-9,11H,3-6,14H2,1-2H3/t9-,11-/m0/s1. The van der Waals surface area contributed by atoms with E-state index in [2.05, 4.69) is 9.97 Å². The maximum absolute atomic E-state index is 12.5. The summed E-state index contributed by atoms with van der Waals surface area (Å²) in [6, 6.07) is 0.339. The number of nitrogens with zero attached hydrogens (tertiary/aromatic N) is 3. The van der Waals surface area contributed by atoms with Gasteiger partial charge in [-0.1, -0.05) is 0 Å². The fourth-order valence-electron chi connectivity index (χ4n) is 2.45. The van der Waals surface area contributed by atoms with Crippen molar-refractivity contribution in [1.29, 1.82) is 0 Å². The van der Waals surface area contributed by atoms with Crippen LogP contribution < -0.4 is 10.5 Å². The van der Waals surface area contributed by atoms with E-state index >= 15 is 0 Å². The predicted octanol–water partition coefficient (Wildman–Crippen LogP) is 0.827. The number of piperidine rings is 1. The normalized spacial score (nSPS) is 21.0. The average molecular weight is 264 g/mol. The molecule has 1 aromatic rings. The third kappa shape index (κ3) is 3.01. The van der Waals surface area contributed by atoms with Crippen molar-refractivity contribution < 1.29 is 9.53 Å². The Morgan fingerprint density at radius 3 is 2.74 bits per heavy atom. The zero-order valence-electron chi connectivity index (χ0n) is 11.4. The molecule has 2 heterocycles. The molecule has 19 heavy (non-hydrogen) atoms. The van der Waals surface area contributed by atoms with Crippen molar-refractivity contribution in [3.63, 3.8) is 0 Å². The van der Waals surface area contributed by atoms with E-state index in [1.807, 2.05) is 11.8 Å². The van der Waals surface area contributed by atoms with Crippen molar-refractivity contribution in [2.75, 3.05) is 13.7 Å². The molecule has 1 aromatic heterocycles. The van der Waals surface area contributed by atoms with E-state index in [-0.39, 0.29) is 24.0 Å². The van der Waals surface area contributed by atoms with Crippen LogP contribution in [0.2, 0.25) is 0 Å². The van der Waals surface area contributed by atoms with Gasteiger partial charge in [-0.05, 0) is 26.2 Å². The molecule has 6 heteroatoms. The van der Waals surface area contributed by atoms with E-state index in [1.54, 1.807) is 0 Å². The largest absolute Gasteiger partial charge is 0.467 e. The Balaban J connectivity index is 2.16. The second-order valence-electron chi connectivity index (χ2n) is 4.88. The zero-order chi connectivity index (χ0) is 13.8. The van der Waals surface area contributed by atoms with E-state index in [0.717, 1.165) is 25.8 Å². The van der Waals surface area contributed by atoms with Gasteiger partial charge in [-0.25, -0.2) is 9.97 Å². The summed E-state index contributed by atoms with van der Waals surface area (Å²) < 4.78 is 4.89. The highest BCUT2D eigenvalue weighted by Gasteiger charge is 2.30. The molecule has 1 saturated heterocycles. The summed E-state index contributed by atoms with van der Waals surface area (Å²) >= 11 is 0. The summed E-state index contributed by atoms with van der Waals surface area (Å²) in [5, 5.41) is 0. The highest BCUT2D eigenvalue weighted by atomic mass is 16.5. The third-order valence-corrected chi connectivity index (χ3v) is 3.47. The highest BCUT2D eigenvalue weighted by molar-refractivity contribution is 5.94. The molecule has 6 nitrogen and oxygen atoms in total. The van der Waals surface area contributed by atoms with Gasteiger partial charge in [0.25, 0.3) is 5.91 Å². The lowest BCUT2D eigenvalue weighted by Gasteiger charge is -2.38. The van der Waals surface area contributed by atoms with Crippen LogP contribution in [-0.2, 0) is 0 Å². The number of hydrogen-bond donors (Lipinski definition) is 1. The second kappa shape index (κ2) is 5.97. The first kappa shape index (κ1) is 13.7. The minimum atomic E-state index is -0.0512. The highest BCUT2D eigenvalue weighted by Crippen LogP contribution is 2.21. The van der Waals surface area contributed by atoms with E-state index in [0.29, 0.717) is 5.56 Å². The van der Waals surface area contributed by atoms with Gasteiger partial charge in [-0.15, -0.1) is 0 Å². The molecule has 2 rings (SSSR count). The van der Waals surface area contributed by atoms with Crippen LogP contribution in [0.3, 0.4) is 0 Å². The van der Waals surface area contributed by atoms with E-state index in [1.165, 1.54) is 19.5 Å². The number of amides is 1. The van der Waals surface area contributed by atoms with E-state index in [4.69, 9.17) is 10.5 Å². The topological polar surface area (TPSA) is 81.3 Å². The zero-order valence-corrected chi connectivity index (χ0v) is 11.4. The van der Waals surface area contributed by atoms with E-state index in [9.17, 15) is 4.79 Å². The van der Waals surface area contributed by atoms with Gasteiger partial charge in [0.05, 0.1) is 12.7 Å². The van der Waals surface area contributed by atoms with Crippen molar-refractivity contribution in [2.45, 2.75) is 38.3 Å². The lowest BCUT2D eigenvalue weighted by atomic mass is 9.96. The Morgan fingerprint density at radius 2 is 2.16 bits per heavy atom. The fourth-order valence-corrected chi connectivity index (χ4v) is 2.45. The van der Waals surface area contributed by atoms with Gasteiger partial charge in [0, 0.05) is 31.0 Å². The predicted molar refractivity (Wildman–Crippen MR) is 70.9 cm³/mol. The van der Waals surface area contributed by atoms with Crippen LogP contribution in [0.25, 0.3) is 0 Å². The van der Waals surface area contributed by atoms with Crippen molar-refractivity contribution in [3.8, 4) is 6.01 Å². The van der Waals surface area contributed by atoms with Gasteiger partial charge < -0.3 is 15.4 Å². The average Bonchev–Trinajstić information content (AvgIpc) is 2.46. The van der Waals surface area contributed by atoms with Crippen LogP contribution in [-0.4, -0.2) is 46.5 Å². The number of carbonyl (C=O) groups is 1. The summed E-state index contributed by atoms with van der Waals surface area (Å²) in [5.41, 5.74) is 6.45. The Bertz CT molecular complexity index is 433. The first-order valence-corrected chi connectivity index (χ1v) is 6.56. The minimum Gasteiger partial charge on any atom is -0.467 e. The molecular weight excluding hydrogens is 244 g/mol. The Labute approximate surface area is 113 Å². The summed E-state index contributed by atoms with van der Waals surface area (Å²) in [6.07, 6.45) is 6.10. The molecule has 1 aliphatic rings. The number of rotatable bonds is 3. The second-order valence-corrected chi connectivity index (χ2v) is 4.88. The van der Waals surface area contributed by atoms with Crippen LogP contribution in [0, 0.1) is 0 Å². The number of likely N-dealkylation sites (tertiary alicyclic amines) is 1. The van der Waals surface area contributed by atoms with E-state index < -0.39 is 0 Å². The van der Waals surface area contributed by atoms with Crippen LogP contribution in [0.5, 0.6) is 6.01 Å². The molecule has 1 aliphatic heterocycles. The molecule has 0 aromatic carbocycles. The molecular formula is C13H20N4O2. The first-order chi connectivity index (χ1) is 9.13. The smallest absolute Gasteiger partial charge is 0.316 e. The number of hydrogen-bond acceptors (Lipinski definition) is 5. The molecule has 2 atom stereocenters. The van der Waals surface area contributed by atoms with Crippen molar-refractivity contribution in [3.05, 3.63) is 18.0 Å². The minimum absolute atomic E-state index is 0.0246. The maximum Gasteiger partial charge on any atom is 0.316 e. The van der Waals surface area contributed by atoms with Crippen LogP contribution in [0.1, 0.15) is 36.5 Å². The molecule has 0 unspecified atom stereocenters. The maximum atomic E-state index is 12.5. The first-order valence-electron chi connectivity index (χ1n) is 6.56. The lowest BCUT2D eigenvalue weighted by Crippen LogP contribution is -2.51. The molecule has 1 fully saturated rings. The van der Waals surface area contributed by atoms with Crippen LogP contribution >= 0.6 is 0 Å². The monoisotopic (exact) mass is 264 g/mol.